The summed E-state index contributed by atoms with van der Waals surface area (Å²) in [5, 5.41) is 14.6. The average Bonchev–Trinajstić information content (AvgIpc) is 2.55. The van der Waals surface area contributed by atoms with E-state index in [0.29, 0.717) is 6.42 Å². The van der Waals surface area contributed by atoms with Gasteiger partial charge in [0.15, 0.2) is 5.78 Å². The van der Waals surface area contributed by atoms with Gasteiger partial charge in [-0.05, 0) is 45.1 Å². The summed E-state index contributed by atoms with van der Waals surface area (Å²) < 4.78 is 5.92. The number of rotatable bonds is 1. The van der Waals surface area contributed by atoms with E-state index in [9.17, 15) is 9.90 Å². The molecule has 6 atom stereocenters. The van der Waals surface area contributed by atoms with Gasteiger partial charge in [0.1, 0.15) is 6.10 Å². The molecule has 0 spiro atoms. The average molecular weight is 340 g/mol. The lowest BCUT2D eigenvalue weighted by molar-refractivity contribution is -0.129. The monoisotopic (exact) mass is 339 g/mol. The predicted molar refractivity (Wildman–Crippen MR) is 88.3 cm³/mol. The molecule has 0 aromatic rings. The molecule has 2 aliphatic carbocycles. The Labute approximate surface area is 142 Å². The van der Waals surface area contributed by atoms with Crippen LogP contribution in [0.2, 0.25) is 0 Å². The first-order valence-corrected chi connectivity index (χ1v) is 9.52. The van der Waals surface area contributed by atoms with Crippen LogP contribution in [0.1, 0.15) is 51.4 Å². The second-order valence-corrected chi connectivity index (χ2v) is 8.38. The zero-order valence-corrected chi connectivity index (χ0v) is 14.2. The molecule has 2 saturated carbocycles. The molecule has 4 aliphatic rings. The van der Waals surface area contributed by atoms with E-state index < -0.39 is 5.60 Å². The lowest BCUT2D eigenvalue weighted by atomic mass is 9.65. The van der Waals surface area contributed by atoms with Gasteiger partial charge < -0.3 is 15.2 Å². The molecule has 1 saturated heterocycles. The Morgan fingerprint density at radius 3 is 3.00 bits per heavy atom. The molecule has 0 bridgehead atoms. The molecular weight excluding hydrogens is 314 g/mol. The normalized spacial score (nSPS) is 47.1. The lowest BCUT2D eigenvalue weighted by Crippen LogP contribution is -2.59. The molecule has 2 aliphatic heterocycles. The number of Topliss-reactive ketones (excluding diaryl/α,β-unsaturated/α-hetero) is 1. The van der Waals surface area contributed by atoms with Gasteiger partial charge in [-0.15, -0.1) is 11.6 Å². The number of ketones is 1. The first-order chi connectivity index (χ1) is 11.1. The highest BCUT2D eigenvalue weighted by atomic mass is 35.5. The minimum atomic E-state index is -0.617. The molecular formula is C18H26ClNO3. The second kappa shape index (κ2) is 6.05. The van der Waals surface area contributed by atoms with E-state index >= 15 is 0 Å². The number of halogens is 1. The molecule has 2 N–H and O–H groups in total. The molecule has 5 heteroatoms. The van der Waals surface area contributed by atoms with Gasteiger partial charge in [-0.25, -0.2) is 0 Å². The first kappa shape index (κ1) is 15.9. The molecule has 0 aromatic heterocycles. The summed E-state index contributed by atoms with van der Waals surface area (Å²) in [6.45, 7) is 0.758. The Morgan fingerprint density at radius 1 is 1.26 bits per heavy atom. The molecule has 2 heterocycles. The van der Waals surface area contributed by atoms with E-state index in [1.165, 1.54) is 0 Å². The van der Waals surface area contributed by atoms with Crippen LogP contribution in [-0.2, 0) is 9.53 Å². The summed E-state index contributed by atoms with van der Waals surface area (Å²) in [7, 11) is 0. The third-order valence-electron chi connectivity index (χ3n) is 6.44. The summed E-state index contributed by atoms with van der Waals surface area (Å²) in [5.41, 5.74) is 0.121. The van der Waals surface area contributed by atoms with Crippen LogP contribution in [0.5, 0.6) is 0 Å². The number of alkyl halides is 1. The summed E-state index contributed by atoms with van der Waals surface area (Å²) in [5.74, 6) is 0.210. The van der Waals surface area contributed by atoms with Crippen molar-refractivity contribution >= 4 is 17.4 Å². The molecule has 6 unspecified atom stereocenters. The van der Waals surface area contributed by atoms with Crippen LogP contribution in [-0.4, -0.2) is 40.6 Å². The van der Waals surface area contributed by atoms with Gasteiger partial charge in [0.05, 0.1) is 17.8 Å². The van der Waals surface area contributed by atoms with Crippen molar-refractivity contribution in [3.63, 3.8) is 0 Å². The smallest absolute Gasteiger partial charge is 0.170 e. The fourth-order valence-electron chi connectivity index (χ4n) is 5.14. The number of carbonyl (C=O) groups excluding carboxylic acids is 1. The van der Waals surface area contributed by atoms with Crippen LogP contribution in [0.25, 0.3) is 0 Å². The number of aliphatic hydroxyl groups is 1. The summed E-state index contributed by atoms with van der Waals surface area (Å²) in [6.07, 6.45) is 9.01. The van der Waals surface area contributed by atoms with Crippen molar-refractivity contribution in [2.24, 2.45) is 11.8 Å². The molecule has 0 aromatic carbocycles. The van der Waals surface area contributed by atoms with Crippen LogP contribution in [0.3, 0.4) is 0 Å². The SMILES string of the molecule is O=C1C(C2NCCC3(O)CCCCC23)=COC2CCC(Cl)CC12. The maximum atomic E-state index is 13.1. The molecule has 128 valence electrons. The van der Waals surface area contributed by atoms with Gasteiger partial charge in [0.2, 0.25) is 0 Å². The number of fused-ring (bicyclic) bond motifs is 2. The van der Waals surface area contributed by atoms with Crippen LogP contribution < -0.4 is 5.32 Å². The van der Waals surface area contributed by atoms with Crippen LogP contribution in [0.4, 0.5) is 0 Å². The van der Waals surface area contributed by atoms with Gasteiger partial charge in [0.25, 0.3) is 0 Å². The predicted octanol–water partition coefficient (Wildman–Crippen LogP) is 2.53. The topological polar surface area (TPSA) is 58.6 Å². The molecule has 4 rings (SSSR count). The maximum Gasteiger partial charge on any atom is 0.170 e. The van der Waals surface area contributed by atoms with E-state index in [2.05, 4.69) is 5.32 Å². The van der Waals surface area contributed by atoms with Gasteiger partial charge >= 0.3 is 0 Å². The fraction of sp³-hybridized carbons (Fsp3) is 0.833. The maximum absolute atomic E-state index is 13.1. The number of ether oxygens (including phenoxy) is 1. The zero-order valence-electron chi connectivity index (χ0n) is 13.5. The van der Waals surface area contributed by atoms with Crippen molar-refractivity contribution in [1.82, 2.24) is 5.32 Å². The van der Waals surface area contributed by atoms with Gasteiger partial charge in [-0.1, -0.05) is 12.8 Å². The van der Waals surface area contributed by atoms with Gasteiger partial charge in [-0.3, -0.25) is 4.79 Å². The Bertz CT molecular complexity index is 518. The van der Waals surface area contributed by atoms with Crippen molar-refractivity contribution in [1.29, 1.82) is 0 Å². The van der Waals surface area contributed by atoms with Crippen molar-refractivity contribution in [3.8, 4) is 0 Å². The second-order valence-electron chi connectivity index (χ2n) is 7.77. The van der Waals surface area contributed by atoms with Crippen molar-refractivity contribution in [3.05, 3.63) is 11.8 Å². The molecule has 23 heavy (non-hydrogen) atoms. The van der Waals surface area contributed by atoms with E-state index in [1.54, 1.807) is 6.26 Å². The van der Waals surface area contributed by atoms with Crippen molar-refractivity contribution < 1.29 is 14.6 Å². The summed E-state index contributed by atoms with van der Waals surface area (Å²) >= 11 is 6.29. The third-order valence-corrected chi connectivity index (χ3v) is 6.83. The first-order valence-electron chi connectivity index (χ1n) is 9.08. The van der Waals surface area contributed by atoms with E-state index in [4.69, 9.17) is 16.3 Å². The van der Waals surface area contributed by atoms with Gasteiger partial charge in [-0.2, -0.15) is 0 Å². The Kier molecular flexibility index (Phi) is 4.19. The molecule has 0 amide bonds. The Morgan fingerprint density at radius 2 is 2.13 bits per heavy atom. The van der Waals surface area contributed by atoms with Crippen LogP contribution in [0, 0.1) is 11.8 Å². The molecule has 0 radical (unpaired) electrons. The van der Waals surface area contributed by atoms with E-state index in [1.807, 2.05) is 0 Å². The molecule has 3 fully saturated rings. The Balaban J connectivity index is 1.59. The van der Waals surface area contributed by atoms with Gasteiger partial charge in [0, 0.05) is 22.9 Å². The highest BCUT2D eigenvalue weighted by Gasteiger charge is 2.50. The van der Waals surface area contributed by atoms with Crippen molar-refractivity contribution in [2.45, 2.75) is 74.5 Å². The summed E-state index contributed by atoms with van der Waals surface area (Å²) in [6, 6.07) is -0.0711. The van der Waals surface area contributed by atoms with E-state index in [-0.39, 0.29) is 35.1 Å². The number of nitrogens with one attached hydrogen (secondary N) is 1. The number of hydrogen-bond donors (Lipinski definition) is 2. The molecule has 4 nitrogen and oxygen atoms in total. The van der Waals surface area contributed by atoms with E-state index in [0.717, 1.165) is 57.1 Å². The standard InChI is InChI=1S/C18H26ClNO3/c19-11-4-5-15-12(9-11)17(21)13(10-23-15)16-14-3-1-2-6-18(14,22)7-8-20-16/h10-12,14-16,20,22H,1-9H2. The fourth-order valence-corrected chi connectivity index (χ4v) is 5.46. The minimum absolute atomic E-state index is 0.00456. The summed E-state index contributed by atoms with van der Waals surface area (Å²) in [4.78, 5) is 13.1. The quantitative estimate of drug-likeness (QED) is 0.721. The largest absolute Gasteiger partial charge is 0.497 e. The number of hydrogen-bond acceptors (Lipinski definition) is 4. The number of piperidine rings is 1. The highest BCUT2D eigenvalue weighted by molar-refractivity contribution is 6.20. The van der Waals surface area contributed by atoms with Crippen molar-refractivity contribution in [2.75, 3.05) is 6.54 Å². The van der Waals surface area contributed by atoms with Crippen LogP contribution in [0.15, 0.2) is 11.8 Å². The minimum Gasteiger partial charge on any atom is -0.497 e. The third kappa shape index (κ3) is 2.73. The highest BCUT2D eigenvalue weighted by Crippen LogP contribution is 2.44. The zero-order chi connectivity index (χ0) is 16.0. The van der Waals surface area contributed by atoms with Crippen LogP contribution >= 0.6 is 11.6 Å². The number of carbonyl (C=O) groups is 1. The Hall–Kier alpha value is -0.580. The lowest BCUT2D eigenvalue weighted by Gasteiger charge is -2.49.